The minimum absolute atomic E-state index is 0.0412. The lowest BCUT2D eigenvalue weighted by Gasteiger charge is -2.15. The zero-order chi connectivity index (χ0) is 20.2. The van der Waals surface area contributed by atoms with Crippen molar-refractivity contribution in [3.05, 3.63) is 95.3 Å². The van der Waals surface area contributed by atoms with E-state index >= 15 is 0 Å². The summed E-state index contributed by atoms with van der Waals surface area (Å²) < 4.78 is 19.0. The Morgan fingerprint density at radius 1 is 1.00 bits per heavy atom. The highest BCUT2D eigenvalue weighted by molar-refractivity contribution is 6.35. The molecule has 4 rings (SSSR count). The zero-order valence-corrected chi connectivity index (χ0v) is 16.3. The summed E-state index contributed by atoms with van der Waals surface area (Å²) in [4.78, 5) is 14.8. The molecule has 0 saturated heterocycles. The number of halogens is 1. The van der Waals surface area contributed by atoms with Gasteiger partial charge in [0.1, 0.15) is 18.2 Å². The molecule has 0 fully saturated rings. The van der Waals surface area contributed by atoms with Crippen LogP contribution in [0, 0.1) is 5.82 Å². The second-order valence-electron chi connectivity index (χ2n) is 7.02. The first kappa shape index (κ1) is 18.9. The van der Waals surface area contributed by atoms with Crippen LogP contribution in [0.2, 0.25) is 0 Å². The van der Waals surface area contributed by atoms with Crippen LogP contribution >= 0.6 is 0 Å². The zero-order valence-electron chi connectivity index (χ0n) is 16.3. The van der Waals surface area contributed by atoms with Crippen molar-refractivity contribution in [3.63, 3.8) is 0 Å². The lowest BCUT2D eigenvalue weighted by molar-refractivity contribution is -0.113. The van der Waals surface area contributed by atoms with E-state index in [4.69, 9.17) is 4.74 Å². The van der Waals surface area contributed by atoms with Crippen molar-refractivity contribution in [2.75, 3.05) is 11.4 Å². The highest BCUT2D eigenvalue weighted by Crippen LogP contribution is 2.37. The van der Waals surface area contributed by atoms with Crippen molar-refractivity contribution in [1.82, 2.24) is 0 Å². The second kappa shape index (κ2) is 8.31. The van der Waals surface area contributed by atoms with Crippen LogP contribution in [0.4, 0.5) is 10.1 Å². The van der Waals surface area contributed by atoms with E-state index in [9.17, 15) is 9.18 Å². The molecule has 0 spiro atoms. The van der Waals surface area contributed by atoms with Crippen LogP contribution in [0.5, 0.6) is 5.75 Å². The molecule has 0 aromatic heterocycles. The molecule has 3 aromatic carbocycles. The maximum atomic E-state index is 13.3. The lowest BCUT2D eigenvalue weighted by Crippen LogP contribution is -2.26. The number of para-hydroxylation sites is 1. The molecule has 4 heteroatoms. The van der Waals surface area contributed by atoms with Crippen molar-refractivity contribution in [3.8, 4) is 5.75 Å². The highest BCUT2D eigenvalue weighted by Gasteiger charge is 2.31. The summed E-state index contributed by atoms with van der Waals surface area (Å²) in [6, 6.07) is 21.8. The Labute approximate surface area is 170 Å². The lowest BCUT2D eigenvalue weighted by atomic mass is 10.0. The van der Waals surface area contributed by atoms with E-state index < -0.39 is 0 Å². The molecular weight excluding hydrogens is 365 g/mol. The standard InChI is InChI=1S/C25H22FNO2/c1-2-14-27-24-9-4-3-8-22(24)23(25(27)28)16-18-10-12-21(13-11-18)29-17-19-6-5-7-20(26)15-19/h3-13,15-16H,2,14,17H2,1H3/b23-16-. The summed E-state index contributed by atoms with van der Waals surface area (Å²) in [7, 11) is 0. The topological polar surface area (TPSA) is 29.5 Å². The number of carbonyl (C=O) groups is 1. The predicted octanol–water partition coefficient (Wildman–Crippen LogP) is 5.70. The average Bonchev–Trinajstić information content (AvgIpc) is 3.00. The van der Waals surface area contributed by atoms with Gasteiger partial charge in [0.2, 0.25) is 0 Å². The maximum Gasteiger partial charge on any atom is 0.258 e. The van der Waals surface area contributed by atoms with Gasteiger partial charge >= 0.3 is 0 Å². The number of benzene rings is 3. The van der Waals surface area contributed by atoms with Crippen LogP contribution < -0.4 is 9.64 Å². The van der Waals surface area contributed by atoms with Crippen LogP contribution in [-0.4, -0.2) is 12.5 Å². The van der Waals surface area contributed by atoms with Crippen molar-refractivity contribution in [2.24, 2.45) is 0 Å². The SMILES string of the molecule is CCCN1C(=O)/C(=C\c2ccc(OCc3cccc(F)c3)cc2)c2ccccc21. The molecule has 0 saturated carbocycles. The number of hydrogen-bond acceptors (Lipinski definition) is 2. The van der Waals surface area contributed by atoms with E-state index in [-0.39, 0.29) is 11.7 Å². The summed E-state index contributed by atoms with van der Waals surface area (Å²) in [6.45, 7) is 3.08. The Bertz CT molecular complexity index is 1060. The van der Waals surface area contributed by atoms with E-state index in [2.05, 4.69) is 6.92 Å². The van der Waals surface area contributed by atoms with Crippen molar-refractivity contribution in [2.45, 2.75) is 20.0 Å². The molecular formula is C25H22FNO2. The summed E-state index contributed by atoms with van der Waals surface area (Å²) in [5.74, 6) is 0.466. The van der Waals surface area contributed by atoms with Crippen molar-refractivity contribution < 1.29 is 13.9 Å². The number of fused-ring (bicyclic) bond motifs is 1. The Morgan fingerprint density at radius 3 is 2.55 bits per heavy atom. The van der Waals surface area contributed by atoms with Crippen LogP contribution in [0.15, 0.2) is 72.8 Å². The van der Waals surface area contributed by atoms with Gasteiger partial charge in [0, 0.05) is 17.7 Å². The highest BCUT2D eigenvalue weighted by atomic mass is 19.1. The number of nitrogens with zero attached hydrogens (tertiary/aromatic N) is 1. The van der Waals surface area contributed by atoms with Gasteiger partial charge < -0.3 is 9.64 Å². The maximum absolute atomic E-state index is 13.3. The van der Waals surface area contributed by atoms with Gasteiger partial charge in [-0.1, -0.05) is 49.4 Å². The first-order valence-corrected chi connectivity index (χ1v) is 9.76. The Hall–Kier alpha value is -3.40. The molecule has 0 bridgehead atoms. The monoisotopic (exact) mass is 387 g/mol. The molecule has 146 valence electrons. The molecule has 3 nitrogen and oxygen atoms in total. The third-order valence-corrected chi connectivity index (χ3v) is 4.89. The fourth-order valence-corrected chi connectivity index (χ4v) is 3.51. The molecule has 1 aliphatic rings. The average molecular weight is 387 g/mol. The van der Waals surface area contributed by atoms with Gasteiger partial charge in [0.05, 0.1) is 5.69 Å². The smallest absolute Gasteiger partial charge is 0.258 e. The molecule has 1 amide bonds. The van der Waals surface area contributed by atoms with Crippen LogP contribution in [0.1, 0.15) is 30.0 Å². The first-order chi connectivity index (χ1) is 14.2. The number of rotatable bonds is 6. The molecule has 0 radical (unpaired) electrons. The van der Waals surface area contributed by atoms with E-state index in [0.29, 0.717) is 24.5 Å². The van der Waals surface area contributed by atoms with Gasteiger partial charge in [-0.15, -0.1) is 0 Å². The largest absolute Gasteiger partial charge is 0.489 e. The van der Waals surface area contributed by atoms with E-state index in [1.54, 1.807) is 6.07 Å². The third kappa shape index (κ3) is 4.06. The number of hydrogen-bond donors (Lipinski definition) is 0. The Balaban J connectivity index is 1.52. The molecule has 3 aromatic rings. The molecule has 1 aliphatic heterocycles. The fraction of sp³-hybridized carbons (Fsp3) is 0.160. The minimum Gasteiger partial charge on any atom is -0.489 e. The molecule has 0 unspecified atom stereocenters. The molecule has 29 heavy (non-hydrogen) atoms. The van der Waals surface area contributed by atoms with Gasteiger partial charge in [-0.05, 0) is 54.0 Å². The quantitative estimate of drug-likeness (QED) is 0.508. The van der Waals surface area contributed by atoms with E-state index in [0.717, 1.165) is 28.8 Å². The number of amides is 1. The van der Waals surface area contributed by atoms with Crippen LogP contribution in [0.25, 0.3) is 11.6 Å². The first-order valence-electron chi connectivity index (χ1n) is 9.76. The normalized spacial score (nSPS) is 14.3. The van der Waals surface area contributed by atoms with Gasteiger partial charge in [0.25, 0.3) is 5.91 Å². The number of ether oxygens (including phenoxy) is 1. The van der Waals surface area contributed by atoms with Crippen LogP contribution in [0.3, 0.4) is 0 Å². The van der Waals surface area contributed by atoms with Crippen molar-refractivity contribution in [1.29, 1.82) is 0 Å². The van der Waals surface area contributed by atoms with Gasteiger partial charge in [-0.2, -0.15) is 0 Å². The second-order valence-corrected chi connectivity index (χ2v) is 7.02. The Morgan fingerprint density at radius 2 is 1.79 bits per heavy atom. The summed E-state index contributed by atoms with van der Waals surface area (Å²) in [5.41, 5.74) is 4.36. The fourth-order valence-electron chi connectivity index (χ4n) is 3.51. The number of carbonyl (C=O) groups excluding carboxylic acids is 1. The summed E-state index contributed by atoms with van der Waals surface area (Å²) >= 11 is 0. The third-order valence-electron chi connectivity index (χ3n) is 4.89. The summed E-state index contributed by atoms with van der Waals surface area (Å²) in [5, 5.41) is 0. The number of anilines is 1. The van der Waals surface area contributed by atoms with E-state index in [1.165, 1.54) is 12.1 Å². The minimum atomic E-state index is -0.272. The predicted molar refractivity (Wildman–Crippen MR) is 114 cm³/mol. The Kier molecular flexibility index (Phi) is 5.43. The van der Waals surface area contributed by atoms with Crippen LogP contribution in [-0.2, 0) is 11.4 Å². The molecule has 0 N–H and O–H groups in total. The summed E-state index contributed by atoms with van der Waals surface area (Å²) in [6.07, 6.45) is 2.83. The van der Waals surface area contributed by atoms with Gasteiger partial charge in [0.15, 0.2) is 0 Å². The van der Waals surface area contributed by atoms with E-state index in [1.807, 2.05) is 65.6 Å². The van der Waals surface area contributed by atoms with Crippen molar-refractivity contribution >= 4 is 23.2 Å². The van der Waals surface area contributed by atoms with Gasteiger partial charge in [-0.25, -0.2) is 4.39 Å². The molecule has 0 atom stereocenters. The molecule has 0 aliphatic carbocycles. The van der Waals surface area contributed by atoms with Gasteiger partial charge in [-0.3, -0.25) is 4.79 Å². The molecule has 1 heterocycles.